The van der Waals surface area contributed by atoms with Gasteiger partial charge in [0, 0.05) is 5.92 Å². The van der Waals surface area contributed by atoms with Crippen LogP contribution in [0.5, 0.6) is 0 Å². The quantitative estimate of drug-likeness (QED) is 0.600. The Morgan fingerprint density at radius 3 is 2.30 bits per heavy atom. The molecule has 0 aromatic rings. The van der Waals surface area contributed by atoms with Crippen LogP contribution >= 0.6 is 0 Å². The lowest BCUT2D eigenvalue weighted by molar-refractivity contribution is -0.141. The molecule has 0 spiro atoms. The molecule has 0 aliphatic heterocycles. The van der Waals surface area contributed by atoms with Crippen molar-refractivity contribution >= 4 is 11.8 Å². The Morgan fingerprint density at radius 1 is 1.50 bits per heavy atom. The van der Waals surface area contributed by atoms with Crippen LogP contribution < -0.4 is 0 Å². The SMILES string of the molecule is CCC(C)C(=O)CC(=O)O. The fourth-order valence-corrected chi connectivity index (χ4v) is 0.551. The van der Waals surface area contributed by atoms with Gasteiger partial charge in [-0.2, -0.15) is 0 Å². The lowest BCUT2D eigenvalue weighted by Gasteiger charge is -2.02. The van der Waals surface area contributed by atoms with Crippen LogP contribution in [0.4, 0.5) is 0 Å². The van der Waals surface area contributed by atoms with Gasteiger partial charge in [-0.25, -0.2) is 0 Å². The van der Waals surface area contributed by atoms with E-state index in [1.54, 1.807) is 6.92 Å². The van der Waals surface area contributed by atoms with E-state index in [4.69, 9.17) is 5.11 Å². The van der Waals surface area contributed by atoms with Gasteiger partial charge in [-0.15, -0.1) is 0 Å². The van der Waals surface area contributed by atoms with Crippen molar-refractivity contribution in [2.45, 2.75) is 26.7 Å². The zero-order valence-corrected chi connectivity index (χ0v) is 6.26. The van der Waals surface area contributed by atoms with E-state index in [0.717, 1.165) is 0 Å². The first kappa shape index (κ1) is 9.14. The summed E-state index contributed by atoms with van der Waals surface area (Å²) in [6.45, 7) is 3.61. The Hall–Kier alpha value is -0.860. The van der Waals surface area contributed by atoms with Crippen molar-refractivity contribution in [3.63, 3.8) is 0 Å². The van der Waals surface area contributed by atoms with Crippen LogP contribution in [0, 0.1) is 5.92 Å². The molecule has 0 aliphatic carbocycles. The maximum Gasteiger partial charge on any atom is 0.310 e. The normalized spacial score (nSPS) is 12.6. The van der Waals surface area contributed by atoms with E-state index in [-0.39, 0.29) is 18.1 Å². The predicted molar refractivity (Wildman–Crippen MR) is 36.7 cm³/mol. The van der Waals surface area contributed by atoms with Crippen LogP contribution in [0.25, 0.3) is 0 Å². The van der Waals surface area contributed by atoms with Gasteiger partial charge in [0.25, 0.3) is 0 Å². The molecule has 0 aromatic carbocycles. The van der Waals surface area contributed by atoms with E-state index in [9.17, 15) is 9.59 Å². The summed E-state index contributed by atoms with van der Waals surface area (Å²) < 4.78 is 0. The number of ketones is 1. The van der Waals surface area contributed by atoms with Crippen LogP contribution in [0.3, 0.4) is 0 Å². The minimum absolute atomic E-state index is 0.115. The predicted octanol–water partition coefficient (Wildman–Crippen LogP) is 1.08. The molecular formula is C7H12O3. The van der Waals surface area contributed by atoms with Gasteiger partial charge in [0.05, 0.1) is 0 Å². The van der Waals surface area contributed by atoms with Crippen LogP contribution in [-0.4, -0.2) is 16.9 Å². The second-order valence-corrected chi connectivity index (χ2v) is 2.35. The molecule has 58 valence electrons. The van der Waals surface area contributed by atoms with E-state index < -0.39 is 5.97 Å². The third-order valence-corrected chi connectivity index (χ3v) is 1.49. The van der Waals surface area contributed by atoms with Crippen LogP contribution in [0.2, 0.25) is 0 Å². The number of carbonyl (C=O) groups is 2. The fourth-order valence-electron chi connectivity index (χ4n) is 0.551. The fraction of sp³-hybridized carbons (Fsp3) is 0.714. The van der Waals surface area contributed by atoms with Gasteiger partial charge in [0.1, 0.15) is 12.2 Å². The lowest BCUT2D eigenvalue weighted by atomic mass is 10.0. The van der Waals surface area contributed by atoms with Crippen molar-refractivity contribution in [3.05, 3.63) is 0 Å². The number of carboxylic acids is 1. The highest BCUT2D eigenvalue weighted by Gasteiger charge is 2.13. The highest BCUT2D eigenvalue weighted by Crippen LogP contribution is 2.04. The second-order valence-electron chi connectivity index (χ2n) is 2.35. The molecule has 0 aliphatic rings. The largest absolute Gasteiger partial charge is 0.481 e. The van der Waals surface area contributed by atoms with E-state index in [0.29, 0.717) is 6.42 Å². The van der Waals surface area contributed by atoms with Crippen LogP contribution in [0.1, 0.15) is 26.7 Å². The maximum absolute atomic E-state index is 10.8. The zero-order valence-electron chi connectivity index (χ0n) is 6.26. The van der Waals surface area contributed by atoms with Gasteiger partial charge in [-0.1, -0.05) is 13.8 Å². The number of carboxylic acid groups (broad SMARTS) is 1. The Labute approximate surface area is 60.0 Å². The summed E-state index contributed by atoms with van der Waals surface area (Å²) >= 11 is 0. The first-order valence-electron chi connectivity index (χ1n) is 3.32. The summed E-state index contributed by atoms with van der Waals surface area (Å²) in [6.07, 6.45) is 0.376. The van der Waals surface area contributed by atoms with E-state index in [1.807, 2.05) is 6.92 Å². The molecular weight excluding hydrogens is 132 g/mol. The molecule has 1 atom stereocenters. The highest BCUT2D eigenvalue weighted by molar-refractivity contribution is 5.95. The van der Waals surface area contributed by atoms with E-state index in [2.05, 4.69) is 0 Å². The second kappa shape index (κ2) is 4.04. The van der Waals surface area contributed by atoms with E-state index in [1.165, 1.54) is 0 Å². The smallest absolute Gasteiger partial charge is 0.310 e. The molecule has 0 saturated carbocycles. The number of rotatable bonds is 4. The van der Waals surface area contributed by atoms with Crippen molar-refractivity contribution < 1.29 is 14.7 Å². The topological polar surface area (TPSA) is 54.4 Å². The summed E-state index contributed by atoms with van der Waals surface area (Å²) in [4.78, 5) is 20.8. The summed E-state index contributed by atoms with van der Waals surface area (Å²) in [5.74, 6) is -1.34. The third kappa shape index (κ3) is 3.22. The molecule has 0 rings (SSSR count). The molecule has 0 bridgehead atoms. The summed E-state index contributed by atoms with van der Waals surface area (Å²) in [5, 5.41) is 8.21. The van der Waals surface area contributed by atoms with Gasteiger partial charge in [0.2, 0.25) is 0 Å². The number of carbonyl (C=O) groups excluding carboxylic acids is 1. The van der Waals surface area contributed by atoms with Crippen molar-refractivity contribution in [2.24, 2.45) is 5.92 Å². The lowest BCUT2D eigenvalue weighted by Crippen LogP contribution is -2.14. The highest BCUT2D eigenvalue weighted by atomic mass is 16.4. The molecule has 0 heterocycles. The molecule has 10 heavy (non-hydrogen) atoms. The number of Topliss-reactive ketones (excluding diaryl/α,β-unsaturated/α-hetero) is 1. The molecule has 3 heteroatoms. The van der Waals surface area contributed by atoms with E-state index >= 15 is 0 Å². The summed E-state index contributed by atoms with van der Waals surface area (Å²) in [6, 6.07) is 0. The van der Waals surface area contributed by atoms with Crippen molar-refractivity contribution in [1.29, 1.82) is 0 Å². The Kier molecular flexibility index (Phi) is 3.69. The standard InChI is InChI=1S/C7H12O3/c1-3-5(2)6(8)4-7(9)10/h5H,3-4H2,1-2H3,(H,9,10). The van der Waals surface area contributed by atoms with Gasteiger partial charge in [0.15, 0.2) is 0 Å². The van der Waals surface area contributed by atoms with Crippen molar-refractivity contribution in [1.82, 2.24) is 0 Å². The number of aliphatic carboxylic acids is 1. The first-order chi connectivity index (χ1) is 4.57. The molecule has 0 aromatic heterocycles. The van der Waals surface area contributed by atoms with Gasteiger partial charge in [-0.05, 0) is 6.42 Å². The van der Waals surface area contributed by atoms with Gasteiger partial charge >= 0.3 is 5.97 Å². The van der Waals surface area contributed by atoms with Crippen LogP contribution in [-0.2, 0) is 9.59 Å². The monoisotopic (exact) mass is 144 g/mol. The summed E-state index contributed by atoms with van der Waals surface area (Å²) in [7, 11) is 0. The molecule has 0 fully saturated rings. The first-order valence-corrected chi connectivity index (χ1v) is 3.32. The van der Waals surface area contributed by atoms with Crippen molar-refractivity contribution in [2.75, 3.05) is 0 Å². The van der Waals surface area contributed by atoms with Gasteiger partial charge in [-0.3, -0.25) is 9.59 Å². The van der Waals surface area contributed by atoms with Gasteiger partial charge < -0.3 is 5.11 Å². The van der Waals surface area contributed by atoms with Crippen LogP contribution in [0.15, 0.2) is 0 Å². The molecule has 0 radical (unpaired) electrons. The number of hydrogen-bond acceptors (Lipinski definition) is 2. The number of hydrogen-bond donors (Lipinski definition) is 1. The zero-order chi connectivity index (χ0) is 8.15. The Bertz CT molecular complexity index is 140. The summed E-state index contributed by atoms with van der Waals surface area (Å²) in [5.41, 5.74) is 0. The minimum atomic E-state index is -1.04. The molecule has 0 saturated heterocycles. The maximum atomic E-state index is 10.8. The average Bonchev–Trinajstić information content (AvgIpc) is 1.85. The third-order valence-electron chi connectivity index (χ3n) is 1.49. The Balaban J connectivity index is 3.73. The average molecular weight is 144 g/mol. The molecule has 3 nitrogen and oxygen atoms in total. The van der Waals surface area contributed by atoms with Crippen molar-refractivity contribution in [3.8, 4) is 0 Å². The molecule has 0 amide bonds. The molecule has 1 N–H and O–H groups in total. The minimum Gasteiger partial charge on any atom is -0.481 e. The molecule has 1 unspecified atom stereocenters. The Morgan fingerprint density at radius 2 is 2.00 bits per heavy atom.